The fourth-order valence-corrected chi connectivity index (χ4v) is 1.92. The molecule has 0 unspecified atom stereocenters. The van der Waals surface area contributed by atoms with Crippen LogP contribution in [0.5, 0.6) is 0 Å². The van der Waals surface area contributed by atoms with E-state index in [0.29, 0.717) is 15.9 Å². The first-order chi connectivity index (χ1) is 8.24. The van der Waals surface area contributed by atoms with Crippen LogP contribution in [0.25, 0.3) is 22.6 Å². The van der Waals surface area contributed by atoms with Gasteiger partial charge in [-0.25, -0.2) is 4.98 Å². The van der Waals surface area contributed by atoms with E-state index in [4.69, 9.17) is 27.6 Å². The van der Waals surface area contributed by atoms with Gasteiger partial charge in [0.1, 0.15) is 5.52 Å². The highest BCUT2D eigenvalue weighted by molar-refractivity contribution is 6.42. The molecule has 0 N–H and O–H groups in total. The Morgan fingerprint density at radius 2 is 1.76 bits per heavy atom. The maximum Gasteiger partial charge on any atom is 0.227 e. The van der Waals surface area contributed by atoms with E-state index >= 15 is 0 Å². The van der Waals surface area contributed by atoms with Gasteiger partial charge in [-0.3, -0.25) is 0 Å². The lowest BCUT2D eigenvalue weighted by molar-refractivity contribution is 0.620. The minimum Gasteiger partial charge on any atom is -0.436 e. The molecule has 2 aromatic carbocycles. The van der Waals surface area contributed by atoms with E-state index in [1.54, 1.807) is 12.1 Å². The number of halogens is 2. The highest BCUT2D eigenvalue weighted by atomic mass is 35.5. The van der Waals surface area contributed by atoms with Gasteiger partial charge >= 0.3 is 0 Å². The fourth-order valence-electron chi connectivity index (χ4n) is 1.62. The minimum atomic E-state index is 0.492. The molecular formula is C13H7Cl2NO. The molecule has 1 aromatic heterocycles. The Kier molecular flexibility index (Phi) is 2.54. The SMILES string of the molecule is Clc1ccc(-c2nc3ccccc3o2)cc1Cl. The largest absolute Gasteiger partial charge is 0.436 e. The van der Waals surface area contributed by atoms with E-state index in [0.717, 1.165) is 16.7 Å². The first-order valence-electron chi connectivity index (χ1n) is 5.05. The Balaban J connectivity index is 2.17. The third-order valence-electron chi connectivity index (χ3n) is 2.46. The van der Waals surface area contributed by atoms with E-state index < -0.39 is 0 Å². The van der Waals surface area contributed by atoms with Crippen molar-refractivity contribution >= 4 is 34.3 Å². The first kappa shape index (κ1) is 10.6. The molecule has 0 saturated heterocycles. The summed E-state index contributed by atoms with van der Waals surface area (Å²) in [5, 5.41) is 1.01. The Bertz CT molecular complexity index is 658. The van der Waals surface area contributed by atoms with Gasteiger partial charge in [0.25, 0.3) is 0 Å². The van der Waals surface area contributed by atoms with Crippen LogP contribution in [0, 0.1) is 0 Å². The second-order valence-corrected chi connectivity index (χ2v) is 4.43. The molecular weight excluding hydrogens is 257 g/mol. The number of rotatable bonds is 1. The molecule has 17 heavy (non-hydrogen) atoms. The molecule has 0 aliphatic rings. The van der Waals surface area contributed by atoms with Crippen molar-refractivity contribution in [1.29, 1.82) is 0 Å². The van der Waals surface area contributed by atoms with Crippen LogP contribution in [0.2, 0.25) is 10.0 Å². The summed E-state index contributed by atoms with van der Waals surface area (Å²) >= 11 is 11.8. The van der Waals surface area contributed by atoms with Crippen LogP contribution < -0.4 is 0 Å². The molecule has 0 atom stereocenters. The minimum absolute atomic E-state index is 0.492. The summed E-state index contributed by atoms with van der Waals surface area (Å²) in [5.74, 6) is 0.546. The van der Waals surface area contributed by atoms with Crippen LogP contribution in [0.4, 0.5) is 0 Å². The summed E-state index contributed by atoms with van der Waals surface area (Å²) in [6.07, 6.45) is 0. The second kappa shape index (κ2) is 4.06. The summed E-state index contributed by atoms with van der Waals surface area (Å²) in [4.78, 5) is 4.39. The van der Waals surface area contributed by atoms with Crippen LogP contribution in [0.1, 0.15) is 0 Å². The average Bonchev–Trinajstić information content (AvgIpc) is 2.76. The van der Waals surface area contributed by atoms with Gasteiger partial charge in [0, 0.05) is 5.56 Å². The van der Waals surface area contributed by atoms with E-state index in [1.807, 2.05) is 30.3 Å². The molecule has 0 amide bonds. The first-order valence-corrected chi connectivity index (χ1v) is 5.80. The van der Waals surface area contributed by atoms with E-state index in [9.17, 15) is 0 Å². The maximum absolute atomic E-state index is 5.96. The normalized spacial score (nSPS) is 10.9. The van der Waals surface area contributed by atoms with Gasteiger partial charge in [-0.2, -0.15) is 0 Å². The number of nitrogens with zero attached hydrogens (tertiary/aromatic N) is 1. The molecule has 2 nitrogen and oxygen atoms in total. The van der Waals surface area contributed by atoms with E-state index in [1.165, 1.54) is 0 Å². The number of hydrogen-bond acceptors (Lipinski definition) is 2. The number of fused-ring (bicyclic) bond motifs is 1. The Labute approximate surface area is 108 Å². The molecule has 0 saturated carbocycles. The summed E-state index contributed by atoms with van der Waals surface area (Å²) in [5.41, 5.74) is 2.40. The monoisotopic (exact) mass is 263 g/mol. The Morgan fingerprint density at radius 3 is 2.53 bits per heavy atom. The summed E-state index contributed by atoms with van der Waals surface area (Å²) < 4.78 is 5.64. The highest BCUT2D eigenvalue weighted by Crippen LogP contribution is 2.29. The molecule has 3 aromatic rings. The molecule has 4 heteroatoms. The third-order valence-corrected chi connectivity index (χ3v) is 3.20. The lowest BCUT2D eigenvalue weighted by atomic mass is 10.2. The van der Waals surface area contributed by atoms with Crippen molar-refractivity contribution in [3.63, 3.8) is 0 Å². The van der Waals surface area contributed by atoms with Crippen molar-refractivity contribution in [1.82, 2.24) is 4.98 Å². The molecule has 1 heterocycles. The molecule has 3 rings (SSSR count). The third kappa shape index (κ3) is 1.90. The number of para-hydroxylation sites is 2. The zero-order chi connectivity index (χ0) is 11.8. The van der Waals surface area contributed by atoms with Crippen molar-refractivity contribution in [3.05, 3.63) is 52.5 Å². The average molecular weight is 264 g/mol. The van der Waals surface area contributed by atoms with Crippen LogP contribution in [0.3, 0.4) is 0 Å². The molecule has 0 spiro atoms. The summed E-state index contributed by atoms with van der Waals surface area (Å²) in [6, 6.07) is 12.9. The predicted molar refractivity (Wildman–Crippen MR) is 69.5 cm³/mol. The molecule has 0 radical (unpaired) electrons. The van der Waals surface area contributed by atoms with Gasteiger partial charge in [0.15, 0.2) is 5.58 Å². The number of oxazole rings is 1. The van der Waals surface area contributed by atoms with Crippen molar-refractivity contribution in [2.45, 2.75) is 0 Å². The number of aromatic nitrogens is 1. The van der Waals surface area contributed by atoms with Gasteiger partial charge in [-0.05, 0) is 30.3 Å². The topological polar surface area (TPSA) is 26.0 Å². The quantitative estimate of drug-likeness (QED) is 0.630. The highest BCUT2D eigenvalue weighted by Gasteiger charge is 2.09. The summed E-state index contributed by atoms with van der Waals surface area (Å²) in [6.45, 7) is 0. The lowest BCUT2D eigenvalue weighted by Gasteiger charge is -1.97. The van der Waals surface area contributed by atoms with Crippen LogP contribution in [-0.2, 0) is 0 Å². The molecule has 84 valence electrons. The van der Waals surface area contributed by atoms with Gasteiger partial charge in [0.05, 0.1) is 10.0 Å². The molecule has 0 aliphatic carbocycles. The zero-order valence-electron chi connectivity index (χ0n) is 8.65. The molecule has 0 fully saturated rings. The van der Waals surface area contributed by atoms with Gasteiger partial charge < -0.3 is 4.42 Å². The smallest absolute Gasteiger partial charge is 0.227 e. The second-order valence-electron chi connectivity index (χ2n) is 3.62. The van der Waals surface area contributed by atoms with Crippen molar-refractivity contribution in [2.24, 2.45) is 0 Å². The van der Waals surface area contributed by atoms with Gasteiger partial charge in [0.2, 0.25) is 5.89 Å². The standard InChI is InChI=1S/C13H7Cl2NO/c14-9-6-5-8(7-10(9)15)13-16-11-3-1-2-4-12(11)17-13/h1-7H. The fraction of sp³-hybridized carbons (Fsp3) is 0. The molecule has 0 bridgehead atoms. The van der Waals surface area contributed by atoms with E-state index in [2.05, 4.69) is 4.98 Å². The molecule has 0 aliphatic heterocycles. The van der Waals surface area contributed by atoms with Crippen LogP contribution in [-0.4, -0.2) is 4.98 Å². The Hall–Kier alpha value is -1.51. The van der Waals surface area contributed by atoms with Crippen LogP contribution >= 0.6 is 23.2 Å². The van der Waals surface area contributed by atoms with Crippen molar-refractivity contribution < 1.29 is 4.42 Å². The number of hydrogen-bond donors (Lipinski definition) is 0. The lowest BCUT2D eigenvalue weighted by Crippen LogP contribution is -1.77. The zero-order valence-corrected chi connectivity index (χ0v) is 10.2. The summed E-state index contributed by atoms with van der Waals surface area (Å²) in [7, 11) is 0. The maximum atomic E-state index is 5.96. The number of benzene rings is 2. The van der Waals surface area contributed by atoms with E-state index in [-0.39, 0.29) is 0 Å². The van der Waals surface area contributed by atoms with Gasteiger partial charge in [-0.1, -0.05) is 35.3 Å². The van der Waals surface area contributed by atoms with Crippen molar-refractivity contribution in [3.8, 4) is 11.5 Å². The van der Waals surface area contributed by atoms with Gasteiger partial charge in [-0.15, -0.1) is 0 Å². The Morgan fingerprint density at radius 1 is 0.941 bits per heavy atom. The van der Waals surface area contributed by atoms with Crippen molar-refractivity contribution in [2.75, 3.05) is 0 Å². The predicted octanol–water partition coefficient (Wildman–Crippen LogP) is 4.80. The van der Waals surface area contributed by atoms with Crippen LogP contribution in [0.15, 0.2) is 46.9 Å².